The number of carboxylic acid groups (broad SMARTS) is 3. The van der Waals surface area contributed by atoms with Gasteiger partial charge in [-0.05, 0) is 37.5 Å². The normalized spacial score (nSPS) is 6.75. The summed E-state index contributed by atoms with van der Waals surface area (Å²) in [6.07, 6.45) is 0. The molecule has 0 aliphatic carbocycles. The van der Waals surface area contributed by atoms with Gasteiger partial charge in [-0.15, -0.1) is 0 Å². The van der Waals surface area contributed by atoms with E-state index in [1.165, 1.54) is 20.8 Å². The van der Waals surface area contributed by atoms with Crippen LogP contribution in [0.5, 0.6) is 0 Å². The van der Waals surface area contributed by atoms with Crippen molar-refractivity contribution in [1.29, 1.82) is 0 Å². The number of rotatable bonds is 3. The van der Waals surface area contributed by atoms with Crippen LogP contribution in [-0.4, -0.2) is 17.9 Å². The molecule has 118 valence electrons. The summed E-state index contributed by atoms with van der Waals surface area (Å²) >= 11 is 0. The smallest absolute Gasteiger partial charge is 0.545 e. The summed E-state index contributed by atoms with van der Waals surface area (Å²) in [6, 6.07) is 0. The van der Waals surface area contributed by atoms with E-state index >= 15 is 0 Å². The first-order valence-electron chi connectivity index (χ1n) is 4.54. The van der Waals surface area contributed by atoms with E-state index in [9.17, 15) is 29.7 Å². The molecule has 0 rings (SSSR count). The largest absolute Gasteiger partial charge is 3.00 e. The standard InChI is InChI=1S/3C4H6O2.Cu.Fe/c3*1-3(2)4(5)6;;/h3*1H2,2H3,(H,5,6);;/q;;;;+3/p-3. The summed E-state index contributed by atoms with van der Waals surface area (Å²) in [4.78, 5) is 28.5. The van der Waals surface area contributed by atoms with Crippen molar-refractivity contribution < 1.29 is 63.8 Å². The second-order valence-corrected chi connectivity index (χ2v) is 3.20. The third-order valence-corrected chi connectivity index (χ3v) is 1.05. The van der Waals surface area contributed by atoms with E-state index in [0.717, 1.165) is 0 Å². The Morgan fingerprint density at radius 3 is 0.700 bits per heavy atom. The van der Waals surface area contributed by atoms with Crippen LogP contribution in [0.2, 0.25) is 0 Å². The van der Waals surface area contributed by atoms with Crippen LogP contribution < -0.4 is 15.3 Å². The zero-order chi connectivity index (χ0) is 15.5. The van der Waals surface area contributed by atoms with Crippen LogP contribution in [0.25, 0.3) is 0 Å². The molecule has 0 N–H and O–H groups in total. The Hall–Kier alpha value is -1.33. The third kappa shape index (κ3) is 36.0. The van der Waals surface area contributed by atoms with Crippen molar-refractivity contribution in [2.75, 3.05) is 0 Å². The number of aliphatic carboxylic acids is 3. The molecule has 0 amide bonds. The molecule has 0 fully saturated rings. The minimum Gasteiger partial charge on any atom is -0.545 e. The molecular formula is C12H15CuFeO6. The second-order valence-electron chi connectivity index (χ2n) is 3.20. The fourth-order valence-electron chi connectivity index (χ4n) is 0. The second kappa shape index (κ2) is 17.7. The van der Waals surface area contributed by atoms with E-state index in [1.54, 1.807) is 0 Å². The van der Waals surface area contributed by atoms with E-state index in [4.69, 9.17) is 0 Å². The SMILES string of the molecule is C=C(C)C(=O)[O-].C=C(C)C(=O)[O-].C=C(C)C(=O)[O-].[Cu].[Fe+3]. The number of carbonyl (C=O) groups excluding carboxylic acids is 3. The summed E-state index contributed by atoms with van der Waals surface area (Å²) in [7, 11) is 0. The average molecular weight is 375 g/mol. The van der Waals surface area contributed by atoms with Gasteiger partial charge < -0.3 is 29.7 Å². The van der Waals surface area contributed by atoms with Crippen LogP contribution in [0.3, 0.4) is 0 Å². The van der Waals surface area contributed by atoms with Crippen molar-refractivity contribution >= 4 is 17.9 Å². The molecule has 0 saturated heterocycles. The molecule has 0 aromatic rings. The van der Waals surface area contributed by atoms with Crippen LogP contribution in [0.4, 0.5) is 0 Å². The molecule has 2 radical (unpaired) electrons. The summed E-state index contributed by atoms with van der Waals surface area (Å²) in [6.45, 7) is 13.4. The Labute approximate surface area is 139 Å². The summed E-state index contributed by atoms with van der Waals surface area (Å²) < 4.78 is 0. The van der Waals surface area contributed by atoms with Gasteiger partial charge in [0.2, 0.25) is 0 Å². The van der Waals surface area contributed by atoms with Gasteiger partial charge in [-0.3, -0.25) is 0 Å². The van der Waals surface area contributed by atoms with E-state index < -0.39 is 17.9 Å². The van der Waals surface area contributed by atoms with Crippen LogP contribution in [0, 0.1) is 0 Å². The minimum absolute atomic E-state index is 0. The van der Waals surface area contributed by atoms with Crippen LogP contribution >= 0.6 is 0 Å². The van der Waals surface area contributed by atoms with Crippen LogP contribution in [0.1, 0.15) is 20.8 Å². The van der Waals surface area contributed by atoms with Gasteiger partial charge in [-0.1, -0.05) is 19.7 Å². The fraction of sp³-hybridized carbons (Fsp3) is 0.250. The first-order valence-corrected chi connectivity index (χ1v) is 4.54. The molecule has 0 atom stereocenters. The molecule has 0 spiro atoms. The van der Waals surface area contributed by atoms with Crippen LogP contribution in [0.15, 0.2) is 36.5 Å². The van der Waals surface area contributed by atoms with Gasteiger partial charge in [-0.25, -0.2) is 0 Å². The number of hydrogen-bond acceptors (Lipinski definition) is 6. The van der Waals surface area contributed by atoms with Gasteiger partial charge >= 0.3 is 17.1 Å². The summed E-state index contributed by atoms with van der Waals surface area (Å²) in [5.41, 5.74) is 0.194. The Kier molecular flexibility index (Phi) is 27.6. The molecule has 0 unspecified atom stereocenters. The number of carboxylic acids is 3. The van der Waals surface area contributed by atoms with Crippen molar-refractivity contribution in [2.24, 2.45) is 0 Å². The van der Waals surface area contributed by atoms with Crippen molar-refractivity contribution in [2.45, 2.75) is 20.8 Å². The third-order valence-electron chi connectivity index (χ3n) is 1.05. The minimum atomic E-state index is -1.19. The molecule has 0 heterocycles. The molecule has 20 heavy (non-hydrogen) atoms. The molecule has 0 aliphatic heterocycles. The van der Waals surface area contributed by atoms with E-state index in [1.807, 2.05) is 0 Å². The molecule has 0 bridgehead atoms. The zero-order valence-electron chi connectivity index (χ0n) is 11.2. The van der Waals surface area contributed by atoms with E-state index in [2.05, 4.69) is 19.7 Å². The number of hydrogen-bond donors (Lipinski definition) is 0. The van der Waals surface area contributed by atoms with Gasteiger partial charge in [0.05, 0.1) is 17.9 Å². The van der Waals surface area contributed by atoms with Crippen LogP contribution in [-0.2, 0) is 48.5 Å². The van der Waals surface area contributed by atoms with E-state index in [0.29, 0.717) is 0 Å². The van der Waals surface area contributed by atoms with Crippen molar-refractivity contribution in [3.8, 4) is 0 Å². The fourth-order valence-corrected chi connectivity index (χ4v) is 0. The predicted molar refractivity (Wildman–Crippen MR) is 59.5 cm³/mol. The topological polar surface area (TPSA) is 120 Å². The molecule has 0 aliphatic rings. The summed E-state index contributed by atoms with van der Waals surface area (Å²) in [5, 5.41) is 28.5. The number of carbonyl (C=O) groups is 3. The molecule has 0 saturated carbocycles. The molecule has 0 aromatic carbocycles. The van der Waals surface area contributed by atoms with Crippen molar-refractivity contribution in [3.05, 3.63) is 36.5 Å². The maximum absolute atomic E-state index is 9.49. The van der Waals surface area contributed by atoms with Gasteiger partial charge in [0.15, 0.2) is 0 Å². The van der Waals surface area contributed by atoms with Crippen molar-refractivity contribution in [3.63, 3.8) is 0 Å². The van der Waals surface area contributed by atoms with Gasteiger partial charge in [-0.2, -0.15) is 0 Å². The Balaban J connectivity index is -0.0000000536. The zero-order valence-corrected chi connectivity index (χ0v) is 13.3. The molecular weight excluding hydrogens is 360 g/mol. The Morgan fingerprint density at radius 2 is 0.700 bits per heavy atom. The van der Waals surface area contributed by atoms with Gasteiger partial charge in [0, 0.05) is 17.1 Å². The molecule has 0 aromatic heterocycles. The molecule has 8 heteroatoms. The average Bonchev–Trinajstić information content (AvgIpc) is 2.18. The monoisotopic (exact) mass is 374 g/mol. The quantitative estimate of drug-likeness (QED) is 0.413. The maximum Gasteiger partial charge on any atom is 3.00 e. The first-order chi connectivity index (χ1) is 7.93. The van der Waals surface area contributed by atoms with Gasteiger partial charge in [0.25, 0.3) is 0 Å². The predicted octanol–water partition coefficient (Wildman–Crippen LogP) is -2.07. The van der Waals surface area contributed by atoms with Gasteiger partial charge in [0.1, 0.15) is 0 Å². The van der Waals surface area contributed by atoms with E-state index in [-0.39, 0.29) is 50.9 Å². The molecule has 6 nitrogen and oxygen atoms in total. The Morgan fingerprint density at radius 1 is 0.650 bits per heavy atom. The summed E-state index contributed by atoms with van der Waals surface area (Å²) in [5.74, 6) is -3.56. The maximum atomic E-state index is 9.49. The van der Waals surface area contributed by atoms with Crippen molar-refractivity contribution in [1.82, 2.24) is 0 Å². The first kappa shape index (κ1) is 31.2. The Bertz CT molecular complexity index is 283.